The molecule has 0 aromatic carbocycles. The molecule has 0 bridgehead atoms. The van der Waals surface area contributed by atoms with E-state index >= 15 is 0 Å². The highest BCUT2D eigenvalue weighted by Crippen LogP contribution is 2.35. The number of sulfonamides is 1. The minimum atomic E-state index is -3.89. The van der Waals surface area contributed by atoms with Gasteiger partial charge in [0.05, 0.1) is 12.0 Å². The van der Waals surface area contributed by atoms with Gasteiger partial charge in [-0.15, -0.1) is 0 Å². The molecule has 1 aliphatic rings. The first-order valence-electron chi connectivity index (χ1n) is 6.36. The smallest absolute Gasteiger partial charge is 0.305 e. The van der Waals surface area contributed by atoms with Gasteiger partial charge in [0.2, 0.25) is 10.0 Å². The van der Waals surface area contributed by atoms with Gasteiger partial charge in [0.25, 0.3) is 5.91 Å². The quantitative estimate of drug-likeness (QED) is 0.692. The lowest BCUT2D eigenvalue weighted by molar-refractivity contribution is -0.139. The monoisotopic (exact) mass is 315 g/mol. The molecule has 0 unspecified atom stereocenters. The highest BCUT2D eigenvalue weighted by atomic mass is 32.2. The van der Waals surface area contributed by atoms with E-state index in [0.717, 1.165) is 6.42 Å². The molecule has 0 saturated heterocycles. The fourth-order valence-corrected chi connectivity index (χ4v) is 3.04. The van der Waals surface area contributed by atoms with Crippen molar-refractivity contribution in [2.24, 2.45) is 12.2 Å². The van der Waals surface area contributed by atoms with E-state index in [9.17, 15) is 18.0 Å². The van der Waals surface area contributed by atoms with Crippen LogP contribution >= 0.6 is 0 Å². The van der Waals surface area contributed by atoms with Gasteiger partial charge in [0.1, 0.15) is 10.6 Å². The van der Waals surface area contributed by atoms with E-state index in [1.54, 1.807) is 0 Å². The number of hydrogen-bond donors (Lipinski definition) is 3. The van der Waals surface area contributed by atoms with Crippen molar-refractivity contribution in [2.45, 2.75) is 36.1 Å². The van der Waals surface area contributed by atoms with Crippen LogP contribution < -0.4 is 10.5 Å². The van der Waals surface area contributed by atoms with Crippen LogP contribution in [0.5, 0.6) is 0 Å². The lowest BCUT2D eigenvalue weighted by atomic mass is 9.74. The normalized spacial score (nSPS) is 17.0. The van der Waals surface area contributed by atoms with Crippen LogP contribution in [0.1, 0.15) is 36.2 Å². The van der Waals surface area contributed by atoms with E-state index in [4.69, 9.17) is 10.2 Å². The molecule has 8 nitrogen and oxygen atoms in total. The number of hydrogen-bond acceptors (Lipinski definition) is 4. The number of nitrogens with two attached hydrogens (primary N) is 1. The Morgan fingerprint density at radius 1 is 1.48 bits per heavy atom. The maximum Gasteiger partial charge on any atom is 0.305 e. The molecule has 116 valence electrons. The number of carboxylic acids is 1. The van der Waals surface area contributed by atoms with Crippen molar-refractivity contribution in [3.63, 3.8) is 0 Å². The summed E-state index contributed by atoms with van der Waals surface area (Å²) in [4.78, 5) is 23.0. The third-order valence-electron chi connectivity index (χ3n) is 3.72. The van der Waals surface area contributed by atoms with E-state index in [2.05, 4.69) is 5.32 Å². The van der Waals surface area contributed by atoms with Crippen molar-refractivity contribution in [3.05, 3.63) is 18.0 Å². The molecule has 1 saturated carbocycles. The highest BCUT2D eigenvalue weighted by molar-refractivity contribution is 7.89. The number of aromatic nitrogens is 1. The number of amides is 1. The van der Waals surface area contributed by atoms with Gasteiger partial charge in [0.15, 0.2) is 0 Å². The first-order chi connectivity index (χ1) is 9.63. The van der Waals surface area contributed by atoms with Crippen molar-refractivity contribution < 1.29 is 23.1 Å². The maximum absolute atomic E-state index is 12.2. The molecule has 21 heavy (non-hydrogen) atoms. The van der Waals surface area contributed by atoms with Gasteiger partial charge in [-0.05, 0) is 25.3 Å². The van der Waals surface area contributed by atoms with Gasteiger partial charge in [-0.2, -0.15) is 0 Å². The second kappa shape index (κ2) is 5.15. The molecule has 1 amide bonds. The van der Waals surface area contributed by atoms with E-state index in [1.165, 1.54) is 23.9 Å². The molecule has 1 aliphatic carbocycles. The third kappa shape index (κ3) is 3.24. The molecular formula is C12H17N3O5S. The first kappa shape index (κ1) is 15.5. The molecule has 2 rings (SSSR count). The summed E-state index contributed by atoms with van der Waals surface area (Å²) in [6.07, 6.45) is 3.14. The largest absolute Gasteiger partial charge is 0.481 e. The number of primary sulfonamides is 1. The van der Waals surface area contributed by atoms with Crippen molar-refractivity contribution >= 4 is 21.9 Å². The molecule has 0 atom stereocenters. The molecule has 0 radical (unpaired) electrons. The van der Waals surface area contributed by atoms with Gasteiger partial charge in [-0.1, -0.05) is 0 Å². The summed E-state index contributed by atoms with van der Waals surface area (Å²) in [5.41, 5.74) is -0.620. The summed E-state index contributed by atoms with van der Waals surface area (Å²) >= 11 is 0. The van der Waals surface area contributed by atoms with Gasteiger partial charge in [-0.3, -0.25) is 9.59 Å². The summed E-state index contributed by atoms with van der Waals surface area (Å²) in [7, 11) is -2.37. The van der Waals surface area contributed by atoms with Crippen LogP contribution in [0.3, 0.4) is 0 Å². The van der Waals surface area contributed by atoms with Crippen LogP contribution in [-0.2, 0) is 21.9 Å². The van der Waals surface area contributed by atoms with Crippen LogP contribution in [0.2, 0.25) is 0 Å². The van der Waals surface area contributed by atoms with E-state index in [1.807, 2.05) is 0 Å². The molecule has 4 N–H and O–H groups in total. The molecule has 1 aromatic rings. The van der Waals surface area contributed by atoms with E-state index < -0.39 is 27.4 Å². The maximum atomic E-state index is 12.2. The summed E-state index contributed by atoms with van der Waals surface area (Å²) in [6.45, 7) is 0. The van der Waals surface area contributed by atoms with Gasteiger partial charge in [0, 0.05) is 13.2 Å². The van der Waals surface area contributed by atoms with Crippen molar-refractivity contribution in [1.29, 1.82) is 0 Å². The Kier molecular flexibility index (Phi) is 3.81. The topological polar surface area (TPSA) is 131 Å². The predicted octanol–water partition coefficient (Wildman–Crippen LogP) is -0.200. The number of rotatable bonds is 5. The molecule has 0 spiro atoms. The lowest BCUT2D eigenvalue weighted by Gasteiger charge is -2.41. The summed E-state index contributed by atoms with van der Waals surface area (Å²) < 4.78 is 23.9. The Hall–Kier alpha value is -1.87. The minimum absolute atomic E-state index is 0.121. The average Bonchev–Trinajstić information content (AvgIpc) is 2.67. The second-order valence-electron chi connectivity index (χ2n) is 5.38. The Morgan fingerprint density at radius 3 is 2.48 bits per heavy atom. The number of carbonyl (C=O) groups is 2. The van der Waals surface area contributed by atoms with Crippen LogP contribution in [-0.4, -0.2) is 35.5 Å². The molecular weight excluding hydrogens is 298 g/mol. The molecule has 0 aliphatic heterocycles. The average molecular weight is 315 g/mol. The van der Waals surface area contributed by atoms with Crippen LogP contribution in [0.4, 0.5) is 0 Å². The Labute approximate surface area is 122 Å². The lowest BCUT2D eigenvalue weighted by Crippen LogP contribution is -2.54. The van der Waals surface area contributed by atoms with Crippen LogP contribution in [0.25, 0.3) is 0 Å². The SMILES string of the molecule is Cn1cc(S(N)(=O)=O)cc1C(=O)NC1(CC(=O)O)CCC1. The number of carbonyl (C=O) groups excluding carboxylic acids is 1. The Balaban J connectivity index is 2.21. The predicted molar refractivity (Wildman–Crippen MR) is 73.1 cm³/mol. The standard InChI is InChI=1S/C12H17N3O5S/c1-15-7-8(21(13,19)20)5-9(15)11(18)14-12(3-2-4-12)6-10(16)17/h5,7H,2-4,6H2,1H3,(H,14,18)(H,16,17)(H2,13,19,20). The Morgan fingerprint density at radius 2 is 2.10 bits per heavy atom. The van der Waals surface area contributed by atoms with Gasteiger partial charge < -0.3 is 15.0 Å². The number of nitrogens with zero attached hydrogens (tertiary/aromatic N) is 1. The highest BCUT2D eigenvalue weighted by Gasteiger charge is 2.40. The minimum Gasteiger partial charge on any atom is -0.481 e. The van der Waals surface area contributed by atoms with E-state index in [0.29, 0.717) is 12.8 Å². The molecule has 9 heteroatoms. The number of carboxylic acid groups (broad SMARTS) is 1. The fraction of sp³-hybridized carbons (Fsp3) is 0.500. The van der Waals surface area contributed by atoms with Crippen molar-refractivity contribution in [2.75, 3.05) is 0 Å². The molecule has 1 fully saturated rings. The molecule has 1 heterocycles. The summed E-state index contributed by atoms with van der Waals surface area (Å²) in [6, 6.07) is 1.18. The summed E-state index contributed by atoms with van der Waals surface area (Å²) in [5, 5.41) is 16.6. The third-order valence-corrected chi connectivity index (χ3v) is 4.60. The number of aliphatic carboxylic acids is 1. The van der Waals surface area contributed by atoms with Crippen molar-refractivity contribution in [1.82, 2.24) is 9.88 Å². The van der Waals surface area contributed by atoms with Crippen molar-refractivity contribution in [3.8, 4) is 0 Å². The number of nitrogens with one attached hydrogen (secondary N) is 1. The number of aryl methyl sites for hydroxylation is 1. The van der Waals surface area contributed by atoms with Crippen LogP contribution in [0.15, 0.2) is 17.2 Å². The van der Waals surface area contributed by atoms with Gasteiger partial charge in [-0.25, -0.2) is 13.6 Å². The zero-order valence-corrected chi connectivity index (χ0v) is 12.3. The first-order valence-corrected chi connectivity index (χ1v) is 7.91. The van der Waals surface area contributed by atoms with E-state index in [-0.39, 0.29) is 17.0 Å². The fourth-order valence-electron chi connectivity index (χ4n) is 2.46. The molecule has 1 aromatic heterocycles. The van der Waals surface area contributed by atoms with Gasteiger partial charge >= 0.3 is 5.97 Å². The Bertz CT molecular complexity index is 688. The zero-order valence-electron chi connectivity index (χ0n) is 11.5. The summed E-state index contributed by atoms with van der Waals surface area (Å²) in [5.74, 6) is -1.49. The second-order valence-corrected chi connectivity index (χ2v) is 6.94. The zero-order chi connectivity index (χ0) is 15.8. The van der Waals surface area contributed by atoms with Crippen LogP contribution in [0, 0.1) is 0 Å².